The van der Waals surface area contributed by atoms with Crippen LogP contribution in [0, 0.1) is 0 Å². The Morgan fingerprint density at radius 2 is 2.50 bits per heavy atom. The summed E-state index contributed by atoms with van der Waals surface area (Å²) in [4.78, 5) is 14.6. The maximum Gasteiger partial charge on any atom is 0.325 e. The number of nitrogens with two attached hydrogens (primary N) is 1. The Balaban J connectivity index is 2.20. The second kappa shape index (κ2) is 4.95. The molecule has 0 aromatic carbocycles. The third-order valence-electron chi connectivity index (χ3n) is 2.95. The molecule has 4 nitrogen and oxygen atoms in total. The maximum absolute atomic E-state index is 11.3. The van der Waals surface area contributed by atoms with Gasteiger partial charge in [-0.2, -0.15) is 0 Å². The third-order valence-corrected chi connectivity index (χ3v) is 3.95. The number of thiophene rings is 1. The van der Waals surface area contributed by atoms with Crippen molar-refractivity contribution in [3.63, 3.8) is 0 Å². The van der Waals surface area contributed by atoms with Crippen LogP contribution in [-0.4, -0.2) is 35.6 Å². The molecule has 0 bridgehead atoms. The molecule has 1 aliphatic heterocycles. The minimum absolute atomic E-state index is 0.471. The fourth-order valence-corrected chi connectivity index (χ4v) is 3.10. The topological polar surface area (TPSA) is 66.6 Å². The molecule has 3 N–H and O–H groups in total. The lowest BCUT2D eigenvalue weighted by molar-refractivity contribution is -0.144. The standard InChI is InChI=1S/C11H16N2O2S/c12-4-1-5-13-6-2-9-8(3-7-16-9)10(13)11(14)15/h3,7,10H,1-2,4-6,12H2,(H,14,15). The summed E-state index contributed by atoms with van der Waals surface area (Å²) < 4.78 is 0. The van der Waals surface area contributed by atoms with Crippen LogP contribution in [0.4, 0.5) is 0 Å². The van der Waals surface area contributed by atoms with Crippen molar-refractivity contribution >= 4 is 17.3 Å². The van der Waals surface area contributed by atoms with Crippen molar-refractivity contribution in [3.8, 4) is 0 Å². The Labute approximate surface area is 98.7 Å². The van der Waals surface area contributed by atoms with Gasteiger partial charge in [-0.3, -0.25) is 9.69 Å². The zero-order valence-electron chi connectivity index (χ0n) is 9.06. The van der Waals surface area contributed by atoms with E-state index in [1.54, 1.807) is 11.3 Å². The molecule has 1 aromatic rings. The number of carboxylic acids is 1. The molecule has 0 aliphatic carbocycles. The smallest absolute Gasteiger partial charge is 0.325 e. The van der Waals surface area contributed by atoms with E-state index in [0.717, 1.165) is 31.5 Å². The molecular formula is C11H16N2O2S. The van der Waals surface area contributed by atoms with Gasteiger partial charge < -0.3 is 10.8 Å². The predicted molar refractivity (Wildman–Crippen MR) is 63.6 cm³/mol. The number of aliphatic carboxylic acids is 1. The Bertz CT molecular complexity index is 378. The summed E-state index contributed by atoms with van der Waals surface area (Å²) in [6.07, 6.45) is 1.81. The van der Waals surface area contributed by atoms with Gasteiger partial charge in [-0.05, 0) is 36.4 Å². The summed E-state index contributed by atoms with van der Waals surface area (Å²) in [6, 6.07) is 1.47. The highest BCUT2D eigenvalue weighted by Crippen LogP contribution is 2.33. The van der Waals surface area contributed by atoms with E-state index in [1.165, 1.54) is 4.88 Å². The summed E-state index contributed by atoms with van der Waals surface area (Å²) >= 11 is 1.66. The lowest BCUT2D eigenvalue weighted by atomic mass is 10.00. The second-order valence-electron chi connectivity index (χ2n) is 3.97. The van der Waals surface area contributed by atoms with E-state index < -0.39 is 12.0 Å². The van der Waals surface area contributed by atoms with Crippen molar-refractivity contribution in [2.24, 2.45) is 5.73 Å². The number of rotatable bonds is 4. The number of hydrogen-bond acceptors (Lipinski definition) is 4. The molecule has 2 rings (SSSR count). The van der Waals surface area contributed by atoms with E-state index in [0.29, 0.717) is 6.54 Å². The lowest BCUT2D eigenvalue weighted by Crippen LogP contribution is -2.40. The molecule has 0 fully saturated rings. The van der Waals surface area contributed by atoms with E-state index in [1.807, 2.05) is 16.3 Å². The van der Waals surface area contributed by atoms with Crippen molar-refractivity contribution < 1.29 is 9.90 Å². The normalized spacial score (nSPS) is 20.7. The first-order valence-electron chi connectivity index (χ1n) is 5.47. The zero-order valence-corrected chi connectivity index (χ0v) is 9.87. The molecule has 5 heteroatoms. The summed E-state index contributed by atoms with van der Waals surface area (Å²) in [6.45, 7) is 2.20. The maximum atomic E-state index is 11.3. The van der Waals surface area contributed by atoms with Crippen molar-refractivity contribution in [2.45, 2.75) is 18.9 Å². The average molecular weight is 240 g/mol. The highest BCUT2D eigenvalue weighted by molar-refractivity contribution is 7.10. The number of fused-ring (bicyclic) bond motifs is 1. The molecule has 1 atom stereocenters. The van der Waals surface area contributed by atoms with Crippen molar-refractivity contribution in [2.75, 3.05) is 19.6 Å². The number of nitrogens with zero attached hydrogens (tertiary/aromatic N) is 1. The number of carboxylic acid groups (broad SMARTS) is 1. The molecule has 0 spiro atoms. The van der Waals surface area contributed by atoms with Crippen LogP contribution in [0.25, 0.3) is 0 Å². The van der Waals surface area contributed by atoms with Gasteiger partial charge in [0.2, 0.25) is 0 Å². The molecule has 2 heterocycles. The summed E-state index contributed by atoms with van der Waals surface area (Å²) in [7, 11) is 0. The predicted octanol–water partition coefficient (Wildman–Crippen LogP) is 1.08. The first-order chi connectivity index (χ1) is 7.74. The van der Waals surface area contributed by atoms with Gasteiger partial charge in [-0.15, -0.1) is 11.3 Å². The molecule has 16 heavy (non-hydrogen) atoms. The van der Waals surface area contributed by atoms with Crippen molar-refractivity contribution in [1.29, 1.82) is 0 Å². The van der Waals surface area contributed by atoms with Crippen LogP contribution in [0.3, 0.4) is 0 Å². The van der Waals surface area contributed by atoms with Crippen LogP contribution in [0.15, 0.2) is 11.4 Å². The molecule has 88 valence electrons. The minimum atomic E-state index is -0.753. The van der Waals surface area contributed by atoms with Gasteiger partial charge >= 0.3 is 5.97 Å². The van der Waals surface area contributed by atoms with Crippen LogP contribution < -0.4 is 5.73 Å². The number of hydrogen-bond donors (Lipinski definition) is 2. The molecule has 0 saturated heterocycles. The second-order valence-corrected chi connectivity index (χ2v) is 4.97. The van der Waals surface area contributed by atoms with Crippen LogP contribution in [0.1, 0.15) is 22.9 Å². The van der Waals surface area contributed by atoms with Gasteiger partial charge in [0.05, 0.1) is 0 Å². The minimum Gasteiger partial charge on any atom is -0.480 e. The Morgan fingerprint density at radius 3 is 3.19 bits per heavy atom. The van der Waals surface area contributed by atoms with Gasteiger partial charge in [0, 0.05) is 18.0 Å². The van der Waals surface area contributed by atoms with E-state index in [9.17, 15) is 9.90 Å². The van der Waals surface area contributed by atoms with Crippen LogP contribution in [-0.2, 0) is 11.2 Å². The monoisotopic (exact) mass is 240 g/mol. The van der Waals surface area contributed by atoms with Crippen molar-refractivity contribution in [1.82, 2.24) is 4.90 Å². The van der Waals surface area contributed by atoms with Gasteiger partial charge in [0.15, 0.2) is 0 Å². The van der Waals surface area contributed by atoms with Gasteiger partial charge in [0.25, 0.3) is 0 Å². The van der Waals surface area contributed by atoms with E-state index in [4.69, 9.17) is 5.73 Å². The first kappa shape index (κ1) is 11.6. The fourth-order valence-electron chi connectivity index (χ4n) is 2.19. The van der Waals surface area contributed by atoms with E-state index >= 15 is 0 Å². The van der Waals surface area contributed by atoms with Gasteiger partial charge in [-0.25, -0.2) is 0 Å². The fraction of sp³-hybridized carbons (Fsp3) is 0.545. The molecule has 1 unspecified atom stereocenters. The van der Waals surface area contributed by atoms with Crippen LogP contribution in [0.2, 0.25) is 0 Å². The molecule has 0 saturated carbocycles. The Kier molecular flexibility index (Phi) is 3.58. The quantitative estimate of drug-likeness (QED) is 0.826. The zero-order chi connectivity index (χ0) is 11.5. The summed E-state index contributed by atoms with van der Waals surface area (Å²) in [5.74, 6) is -0.753. The van der Waals surface area contributed by atoms with Crippen molar-refractivity contribution in [3.05, 3.63) is 21.9 Å². The average Bonchev–Trinajstić information content (AvgIpc) is 2.72. The van der Waals surface area contributed by atoms with E-state index in [2.05, 4.69) is 0 Å². The van der Waals surface area contributed by atoms with Crippen LogP contribution >= 0.6 is 11.3 Å². The Morgan fingerprint density at radius 1 is 1.69 bits per heavy atom. The first-order valence-corrected chi connectivity index (χ1v) is 6.35. The molecule has 0 amide bonds. The van der Waals surface area contributed by atoms with Gasteiger partial charge in [-0.1, -0.05) is 0 Å². The summed E-state index contributed by atoms with van der Waals surface area (Å²) in [5.41, 5.74) is 6.44. The molecular weight excluding hydrogens is 224 g/mol. The highest BCUT2D eigenvalue weighted by atomic mass is 32.1. The third kappa shape index (κ3) is 2.11. The van der Waals surface area contributed by atoms with Gasteiger partial charge in [0.1, 0.15) is 6.04 Å². The summed E-state index contributed by atoms with van der Waals surface area (Å²) in [5, 5.41) is 11.3. The lowest BCUT2D eigenvalue weighted by Gasteiger charge is -2.32. The largest absolute Gasteiger partial charge is 0.480 e. The molecule has 1 aliphatic rings. The molecule has 1 aromatic heterocycles. The van der Waals surface area contributed by atoms with E-state index in [-0.39, 0.29) is 0 Å². The highest BCUT2D eigenvalue weighted by Gasteiger charge is 2.32. The SMILES string of the molecule is NCCCN1CCc2sccc2C1C(=O)O. The van der Waals surface area contributed by atoms with Crippen LogP contribution in [0.5, 0.6) is 0 Å². The molecule has 0 radical (unpaired) electrons. The number of carbonyl (C=O) groups is 1. The Hall–Kier alpha value is -0.910.